The van der Waals surface area contributed by atoms with Gasteiger partial charge in [0.2, 0.25) is 0 Å². The molecule has 0 fully saturated rings. The molecule has 0 saturated carbocycles. The van der Waals surface area contributed by atoms with Crippen LogP contribution >= 0.6 is 0 Å². The van der Waals surface area contributed by atoms with Crippen molar-refractivity contribution < 1.29 is 13.2 Å². The van der Waals surface area contributed by atoms with Crippen molar-refractivity contribution in [3.63, 3.8) is 0 Å². The number of rotatable bonds is 5. The van der Waals surface area contributed by atoms with Gasteiger partial charge in [-0.25, -0.2) is 8.42 Å². The summed E-state index contributed by atoms with van der Waals surface area (Å²) in [4.78, 5) is 0.138. The average molecular weight is 379 g/mol. The molecule has 6 heteroatoms. The molecule has 0 bridgehead atoms. The molecule has 3 aromatic carbocycles. The highest BCUT2D eigenvalue weighted by molar-refractivity contribution is 7.94. The molecule has 0 aliphatic heterocycles. The quantitative estimate of drug-likeness (QED) is 0.478. The number of fused-ring (bicyclic) bond motifs is 3. The lowest BCUT2D eigenvalue weighted by Gasteiger charge is -2.22. The molecule has 138 valence electrons. The summed E-state index contributed by atoms with van der Waals surface area (Å²) in [6, 6.07) is 19.8. The van der Waals surface area contributed by atoms with Gasteiger partial charge in [0.15, 0.2) is 0 Å². The summed E-state index contributed by atoms with van der Waals surface area (Å²) < 4.78 is 36.6. The van der Waals surface area contributed by atoms with E-state index in [1.807, 2.05) is 30.3 Å². The molecular weight excluding hydrogens is 360 g/mol. The second-order valence-corrected chi connectivity index (χ2v) is 7.81. The fourth-order valence-corrected chi connectivity index (χ4v) is 4.35. The van der Waals surface area contributed by atoms with E-state index in [4.69, 9.17) is 4.74 Å². The zero-order chi connectivity index (χ0) is 19.0. The van der Waals surface area contributed by atoms with Crippen LogP contribution in [0.15, 0.2) is 71.6 Å². The first kappa shape index (κ1) is 17.4. The largest absolute Gasteiger partial charge is 0.573 e. The van der Waals surface area contributed by atoms with Gasteiger partial charge < -0.3 is 14.0 Å². The van der Waals surface area contributed by atoms with Crippen LogP contribution in [0.25, 0.3) is 26.5 Å². The van der Waals surface area contributed by atoms with E-state index in [1.54, 1.807) is 18.2 Å². The van der Waals surface area contributed by atoms with Crippen molar-refractivity contribution in [3.05, 3.63) is 71.5 Å². The molecule has 0 atom stereocenters. The van der Waals surface area contributed by atoms with Crippen molar-refractivity contribution in [1.29, 1.82) is 0 Å². The Kier molecular flexibility index (Phi) is 4.28. The molecule has 1 aromatic heterocycles. The number of methoxy groups -OCH3 is 1. The minimum absolute atomic E-state index is 0.138. The molecule has 0 unspecified atom stereocenters. The summed E-state index contributed by atoms with van der Waals surface area (Å²) in [5.74, 6) is 0.600. The number of para-hydroxylation sites is 1. The summed E-state index contributed by atoms with van der Waals surface area (Å²) >= 11 is 0. The number of nitrogens with zero attached hydrogens (tertiary/aromatic N) is 2. The number of benzene rings is 3. The van der Waals surface area contributed by atoms with E-state index in [0.717, 1.165) is 28.4 Å². The van der Waals surface area contributed by atoms with Crippen LogP contribution < -0.4 is 4.74 Å². The first-order valence-corrected chi connectivity index (χ1v) is 10.1. The van der Waals surface area contributed by atoms with Gasteiger partial charge in [0.1, 0.15) is 15.8 Å². The molecule has 0 aliphatic carbocycles. The monoisotopic (exact) mass is 379 g/mol. The number of hydrogen-bond donors (Lipinski definition) is 0. The second kappa shape index (κ2) is 6.63. The number of aromatic nitrogens is 1. The summed E-state index contributed by atoms with van der Waals surface area (Å²) in [7, 11) is -2.26. The minimum atomic E-state index is -3.80. The summed E-state index contributed by atoms with van der Waals surface area (Å²) in [6.45, 7) is 2.93. The molecule has 4 rings (SSSR count). The van der Waals surface area contributed by atoms with Crippen LogP contribution in [0.4, 0.5) is 5.69 Å². The number of aryl methyl sites for hydroxylation is 1. The molecule has 0 radical (unpaired) electrons. The molecule has 0 aliphatic rings. The van der Waals surface area contributed by atoms with Crippen molar-refractivity contribution in [2.45, 2.75) is 18.4 Å². The Balaban J connectivity index is 1.77. The molecule has 0 N–H and O–H groups in total. The predicted octanol–water partition coefficient (Wildman–Crippen LogP) is 5.22. The van der Waals surface area contributed by atoms with E-state index in [1.165, 1.54) is 19.2 Å². The van der Waals surface area contributed by atoms with Gasteiger partial charge in [0.05, 0.1) is 12.0 Å². The van der Waals surface area contributed by atoms with Gasteiger partial charge in [-0.3, -0.25) is 0 Å². The van der Waals surface area contributed by atoms with Crippen molar-refractivity contribution >= 4 is 37.5 Å². The third kappa shape index (κ3) is 3.02. The van der Waals surface area contributed by atoms with Gasteiger partial charge in [-0.05, 0) is 43.3 Å². The van der Waals surface area contributed by atoms with Crippen LogP contribution in [-0.4, -0.2) is 20.1 Å². The van der Waals surface area contributed by atoms with E-state index >= 15 is 0 Å². The molecule has 1 heterocycles. The number of sulfonamides is 1. The van der Waals surface area contributed by atoms with Crippen LogP contribution in [0.2, 0.25) is 0 Å². The van der Waals surface area contributed by atoms with Crippen molar-refractivity contribution in [2.24, 2.45) is 0 Å². The summed E-state index contributed by atoms with van der Waals surface area (Å²) in [5, 5.41) is 2.09. The van der Waals surface area contributed by atoms with Crippen LogP contribution in [-0.2, 0) is 16.6 Å². The van der Waals surface area contributed by atoms with E-state index in [-0.39, 0.29) is 4.90 Å². The van der Waals surface area contributed by atoms with E-state index in [0.29, 0.717) is 11.4 Å². The van der Waals surface area contributed by atoms with Crippen LogP contribution in [0.3, 0.4) is 0 Å². The lowest BCUT2D eigenvalue weighted by Crippen LogP contribution is -1.98. The molecule has 0 spiro atoms. The Bertz CT molecular complexity index is 1230. The predicted molar refractivity (Wildman–Crippen MR) is 108 cm³/mol. The first-order chi connectivity index (χ1) is 13.0. The lowest BCUT2D eigenvalue weighted by molar-refractivity contribution is 0.414. The van der Waals surface area contributed by atoms with E-state index in [9.17, 15) is 8.42 Å². The van der Waals surface area contributed by atoms with Crippen molar-refractivity contribution in [2.75, 3.05) is 7.11 Å². The maximum absolute atomic E-state index is 12.6. The van der Waals surface area contributed by atoms with Crippen LogP contribution in [0, 0.1) is 0 Å². The third-order valence-corrected chi connectivity index (χ3v) is 5.97. The summed E-state index contributed by atoms with van der Waals surface area (Å²) in [5.41, 5.74) is 2.61. The highest BCUT2D eigenvalue weighted by Crippen LogP contribution is 2.35. The highest BCUT2D eigenvalue weighted by Gasteiger charge is 2.10. The minimum Gasteiger partial charge on any atom is -0.573 e. The third-order valence-electron chi connectivity index (χ3n) is 4.66. The number of hydrogen-bond acceptors (Lipinski definition) is 3. The molecule has 0 amide bonds. The topological polar surface area (TPSA) is 62.4 Å². The SMILES string of the molecule is CCn1c2ccccc2c2cc([N-]S(=O)(=O)c3ccc(OC)cc3)ccc21. The smallest absolute Gasteiger partial charge is 0.123 e. The van der Waals surface area contributed by atoms with Gasteiger partial charge in [-0.1, -0.05) is 30.3 Å². The highest BCUT2D eigenvalue weighted by atomic mass is 32.2. The zero-order valence-corrected chi connectivity index (χ0v) is 15.9. The molecule has 5 nitrogen and oxygen atoms in total. The summed E-state index contributed by atoms with van der Waals surface area (Å²) in [6.07, 6.45) is 0. The van der Waals surface area contributed by atoms with Crippen molar-refractivity contribution in [3.8, 4) is 5.75 Å². The Morgan fingerprint density at radius 3 is 2.33 bits per heavy atom. The van der Waals surface area contributed by atoms with E-state index < -0.39 is 10.0 Å². The normalized spacial score (nSPS) is 11.8. The van der Waals surface area contributed by atoms with Crippen LogP contribution in [0.5, 0.6) is 5.75 Å². The molecule has 27 heavy (non-hydrogen) atoms. The Morgan fingerprint density at radius 1 is 0.926 bits per heavy atom. The fourth-order valence-electron chi connectivity index (χ4n) is 3.38. The average Bonchev–Trinajstić information content (AvgIpc) is 3.01. The molecule has 4 aromatic rings. The molecular formula is C21H19N2O3S-. The Morgan fingerprint density at radius 2 is 1.63 bits per heavy atom. The second-order valence-electron chi connectivity index (χ2n) is 6.20. The van der Waals surface area contributed by atoms with Gasteiger partial charge in [-0.2, -0.15) is 0 Å². The molecule has 0 saturated heterocycles. The van der Waals surface area contributed by atoms with Crippen LogP contribution in [0.1, 0.15) is 6.92 Å². The van der Waals surface area contributed by atoms with Gasteiger partial charge in [0.25, 0.3) is 0 Å². The van der Waals surface area contributed by atoms with Gasteiger partial charge in [0, 0.05) is 28.4 Å². The lowest BCUT2D eigenvalue weighted by atomic mass is 10.1. The van der Waals surface area contributed by atoms with Crippen molar-refractivity contribution in [1.82, 2.24) is 4.57 Å². The first-order valence-electron chi connectivity index (χ1n) is 8.66. The maximum Gasteiger partial charge on any atom is 0.123 e. The van der Waals surface area contributed by atoms with Gasteiger partial charge in [-0.15, -0.1) is 5.69 Å². The number of ether oxygens (including phenoxy) is 1. The standard InChI is InChI=1S/C21H19N2O3S/c1-3-23-20-7-5-4-6-18(20)19-14-15(8-13-21(19)23)22-27(24,25)17-11-9-16(26-2)10-12-17/h4-14H,3H2,1-2H3/q-1. The maximum atomic E-state index is 12.6. The van der Waals surface area contributed by atoms with E-state index in [2.05, 4.69) is 22.3 Å². The van der Waals surface area contributed by atoms with Gasteiger partial charge >= 0.3 is 0 Å². The fraction of sp³-hybridized carbons (Fsp3) is 0.143. The zero-order valence-electron chi connectivity index (χ0n) is 15.1. The Labute approximate surface area is 158 Å². The Hall–Kier alpha value is -2.99.